The molecule has 0 aromatic carbocycles. The maximum Gasteiger partial charge on any atom is 0.0965 e. The van der Waals surface area contributed by atoms with Crippen LogP contribution in [-0.2, 0) is 0 Å². The molecule has 3 heteroatoms. The zero-order valence-electron chi connectivity index (χ0n) is 13.1. The minimum Gasteiger partial charge on any atom is -0.512 e. The summed E-state index contributed by atoms with van der Waals surface area (Å²) in [5, 5.41) is 28.6. The van der Waals surface area contributed by atoms with Gasteiger partial charge in [-0.25, -0.2) is 0 Å². The Balaban J connectivity index is 1.25. The standard InChI is InChI=1S/C18H30O3/c19-12-11-17(7-8-17)5-1-3-14(20)4-2-6-18(9-10-18)15-13-16(15)21/h13-15,19-21H,1-12H2. The summed E-state index contributed by atoms with van der Waals surface area (Å²) in [5.74, 6) is 0.981. The van der Waals surface area contributed by atoms with Crippen LogP contribution in [0.3, 0.4) is 0 Å². The third-order valence-electron chi connectivity index (χ3n) is 6.15. The zero-order valence-corrected chi connectivity index (χ0v) is 13.1. The molecule has 120 valence electrons. The van der Waals surface area contributed by atoms with E-state index in [0.29, 0.717) is 29.1 Å². The molecule has 0 spiro atoms. The highest BCUT2D eigenvalue weighted by atomic mass is 16.3. The average molecular weight is 294 g/mol. The Morgan fingerprint density at radius 1 is 1.05 bits per heavy atom. The van der Waals surface area contributed by atoms with Crippen LogP contribution >= 0.6 is 0 Å². The third-order valence-corrected chi connectivity index (χ3v) is 6.15. The summed E-state index contributed by atoms with van der Waals surface area (Å²) in [6, 6.07) is 0. The van der Waals surface area contributed by atoms with Crippen LogP contribution in [0.25, 0.3) is 0 Å². The number of allylic oxidation sites excluding steroid dienone is 2. The number of hydrogen-bond acceptors (Lipinski definition) is 3. The van der Waals surface area contributed by atoms with Crippen LogP contribution in [0, 0.1) is 16.7 Å². The van der Waals surface area contributed by atoms with E-state index in [0.717, 1.165) is 38.5 Å². The summed E-state index contributed by atoms with van der Waals surface area (Å²) in [4.78, 5) is 0. The average Bonchev–Trinajstić information content (AvgIpc) is 3.25. The fraction of sp³-hybridized carbons (Fsp3) is 0.889. The van der Waals surface area contributed by atoms with E-state index < -0.39 is 0 Å². The maximum absolute atomic E-state index is 10.1. The number of aliphatic hydroxyl groups is 3. The van der Waals surface area contributed by atoms with Gasteiger partial charge in [-0.3, -0.25) is 0 Å². The van der Waals surface area contributed by atoms with E-state index in [1.165, 1.54) is 32.1 Å². The summed E-state index contributed by atoms with van der Waals surface area (Å²) in [5.41, 5.74) is 0.810. The van der Waals surface area contributed by atoms with Crippen molar-refractivity contribution in [1.82, 2.24) is 0 Å². The van der Waals surface area contributed by atoms with Crippen molar-refractivity contribution >= 4 is 0 Å². The highest BCUT2D eigenvalue weighted by Gasteiger charge is 2.54. The summed E-state index contributed by atoms with van der Waals surface area (Å²) < 4.78 is 0. The van der Waals surface area contributed by atoms with Gasteiger partial charge in [0.25, 0.3) is 0 Å². The lowest BCUT2D eigenvalue weighted by atomic mass is 9.90. The van der Waals surface area contributed by atoms with Gasteiger partial charge < -0.3 is 15.3 Å². The molecular weight excluding hydrogens is 264 g/mol. The second-order valence-corrected chi connectivity index (χ2v) is 7.84. The zero-order chi connectivity index (χ0) is 14.9. The molecule has 2 fully saturated rings. The molecule has 3 rings (SSSR count). The van der Waals surface area contributed by atoms with Crippen molar-refractivity contribution in [3.8, 4) is 0 Å². The minimum absolute atomic E-state index is 0.161. The third kappa shape index (κ3) is 3.81. The van der Waals surface area contributed by atoms with E-state index in [4.69, 9.17) is 5.11 Å². The second kappa shape index (κ2) is 5.92. The van der Waals surface area contributed by atoms with Crippen molar-refractivity contribution in [1.29, 1.82) is 0 Å². The molecule has 2 unspecified atom stereocenters. The normalized spacial score (nSPS) is 28.9. The van der Waals surface area contributed by atoms with Crippen molar-refractivity contribution in [2.24, 2.45) is 16.7 Å². The van der Waals surface area contributed by atoms with E-state index in [9.17, 15) is 10.2 Å². The Hall–Kier alpha value is -0.540. The van der Waals surface area contributed by atoms with Gasteiger partial charge in [-0.1, -0.05) is 12.8 Å². The maximum atomic E-state index is 10.1. The van der Waals surface area contributed by atoms with Crippen LogP contribution in [-0.4, -0.2) is 28.0 Å². The van der Waals surface area contributed by atoms with Gasteiger partial charge in [-0.05, 0) is 74.7 Å². The van der Waals surface area contributed by atoms with Gasteiger partial charge in [-0.15, -0.1) is 0 Å². The van der Waals surface area contributed by atoms with Crippen LogP contribution in [0.1, 0.15) is 70.6 Å². The summed E-state index contributed by atoms with van der Waals surface area (Å²) >= 11 is 0. The van der Waals surface area contributed by atoms with Crippen LogP contribution in [0.15, 0.2) is 11.8 Å². The van der Waals surface area contributed by atoms with Crippen LogP contribution in [0.2, 0.25) is 0 Å². The van der Waals surface area contributed by atoms with Crippen molar-refractivity contribution < 1.29 is 15.3 Å². The first-order valence-electron chi connectivity index (χ1n) is 8.79. The lowest BCUT2D eigenvalue weighted by Crippen LogP contribution is -2.11. The topological polar surface area (TPSA) is 60.7 Å². The molecule has 0 bridgehead atoms. The first-order valence-corrected chi connectivity index (χ1v) is 8.79. The first kappa shape index (κ1) is 15.4. The van der Waals surface area contributed by atoms with E-state index >= 15 is 0 Å². The van der Waals surface area contributed by atoms with E-state index in [1.54, 1.807) is 0 Å². The largest absolute Gasteiger partial charge is 0.512 e. The molecule has 0 saturated heterocycles. The lowest BCUT2D eigenvalue weighted by Gasteiger charge is -2.17. The van der Waals surface area contributed by atoms with Crippen LogP contribution < -0.4 is 0 Å². The molecule has 3 aliphatic carbocycles. The molecule has 2 atom stereocenters. The van der Waals surface area contributed by atoms with E-state index in [-0.39, 0.29) is 6.10 Å². The highest BCUT2D eigenvalue weighted by Crippen LogP contribution is 2.62. The van der Waals surface area contributed by atoms with Gasteiger partial charge in [0, 0.05) is 12.5 Å². The van der Waals surface area contributed by atoms with Crippen molar-refractivity contribution in [3.05, 3.63) is 11.8 Å². The quantitative estimate of drug-likeness (QED) is 0.544. The number of aliphatic hydroxyl groups excluding tert-OH is 3. The first-order chi connectivity index (χ1) is 10.1. The number of rotatable bonds is 11. The predicted octanol–water partition coefficient (Wildman–Crippen LogP) is 3.70. The smallest absolute Gasteiger partial charge is 0.0965 e. The van der Waals surface area contributed by atoms with Gasteiger partial charge in [0.05, 0.1) is 11.9 Å². The fourth-order valence-corrected chi connectivity index (χ4v) is 4.08. The van der Waals surface area contributed by atoms with Gasteiger partial charge >= 0.3 is 0 Å². The SMILES string of the molecule is OCCC1(CCCC(O)CCCC2(C3C=C3O)CC2)CC1. The molecule has 3 aliphatic rings. The van der Waals surface area contributed by atoms with Crippen molar-refractivity contribution in [2.75, 3.05) is 6.61 Å². The van der Waals surface area contributed by atoms with E-state index in [1.807, 2.05) is 6.08 Å². The van der Waals surface area contributed by atoms with Gasteiger partial charge in [0.1, 0.15) is 0 Å². The van der Waals surface area contributed by atoms with Gasteiger partial charge in [0.2, 0.25) is 0 Å². The van der Waals surface area contributed by atoms with Crippen LogP contribution in [0.4, 0.5) is 0 Å². The molecular formula is C18H30O3. The Kier molecular flexibility index (Phi) is 4.33. The van der Waals surface area contributed by atoms with Gasteiger partial charge in [-0.2, -0.15) is 0 Å². The second-order valence-electron chi connectivity index (χ2n) is 7.84. The predicted molar refractivity (Wildman–Crippen MR) is 82.9 cm³/mol. The molecule has 0 aromatic rings. The van der Waals surface area contributed by atoms with Crippen LogP contribution in [0.5, 0.6) is 0 Å². The molecule has 3 nitrogen and oxygen atoms in total. The monoisotopic (exact) mass is 294 g/mol. The molecule has 0 amide bonds. The Labute approximate surface area is 128 Å². The highest BCUT2D eigenvalue weighted by molar-refractivity contribution is 5.29. The molecule has 0 aliphatic heterocycles. The fourth-order valence-electron chi connectivity index (χ4n) is 4.08. The summed E-state index contributed by atoms with van der Waals surface area (Å²) in [7, 11) is 0. The van der Waals surface area contributed by atoms with Crippen molar-refractivity contribution in [2.45, 2.75) is 76.7 Å². The van der Waals surface area contributed by atoms with E-state index in [2.05, 4.69) is 0 Å². The molecule has 0 heterocycles. The molecule has 21 heavy (non-hydrogen) atoms. The van der Waals surface area contributed by atoms with Crippen molar-refractivity contribution in [3.63, 3.8) is 0 Å². The number of hydrogen-bond donors (Lipinski definition) is 3. The molecule has 2 saturated carbocycles. The lowest BCUT2D eigenvalue weighted by molar-refractivity contribution is 0.139. The van der Waals surface area contributed by atoms with Gasteiger partial charge in [0.15, 0.2) is 0 Å². The Morgan fingerprint density at radius 3 is 2.14 bits per heavy atom. The Morgan fingerprint density at radius 2 is 1.67 bits per heavy atom. The molecule has 0 radical (unpaired) electrons. The Bertz CT molecular complexity index is 393. The molecule has 3 N–H and O–H groups in total. The summed E-state index contributed by atoms with van der Waals surface area (Å²) in [6.07, 6.45) is 14.1. The molecule has 0 aromatic heterocycles. The minimum atomic E-state index is -0.161. The summed E-state index contributed by atoms with van der Waals surface area (Å²) in [6.45, 7) is 0.312.